The Bertz CT molecular complexity index is 1030. The van der Waals surface area contributed by atoms with Crippen molar-refractivity contribution in [2.24, 2.45) is 5.10 Å². The van der Waals surface area contributed by atoms with Crippen LogP contribution in [0.2, 0.25) is 0 Å². The third kappa shape index (κ3) is 3.36. The molecule has 0 saturated carbocycles. The molecular weight excluding hydrogens is 352 g/mol. The number of nitrogens with zero attached hydrogens (tertiary/aromatic N) is 3. The van der Waals surface area contributed by atoms with Crippen molar-refractivity contribution in [3.05, 3.63) is 62.3 Å². The van der Waals surface area contributed by atoms with Crippen LogP contribution in [-0.4, -0.2) is 21.6 Å². The fraction of sp³-hybridized carbons (Fsp3) is 0.222. The summed E-state index contributed by atoms with van der Waals surface area (Å²) in [5.41, 5.74) is 5.72. The first kappa shape index (κ1) is 17.8. The lowest BCUT2D eigenvalue weighted by Gasteiger charge is -2.04. The number of nitro benzene ring substituents is 1. The van der Waals surface area contributed by atoms with Crippen LogP contribution in [0.4, 0.5) is 5.69 Å². The molecule has 0 radical (unpaired) electrons. The number of aryl methyl sites for hydroxylation is 1. The second kappa shape index (κ2) is 7.09. The van der Waals surface area contributed by atoms with Crippen LogP contribution < -0.4 is 5.43 Å². The monoisotopic (exact) mass is 370 g/mol. The minimum atomic E-state index is -0.450. The smallest absolute Gasteiger partial charge is 0.281 e. The molecule has 26 heavy (non-hydrogen) atoms. The SMILES string of the molecule is CCn1c(C)cc(/C=N\NC(=O)c2cc3cc([N+](=O)[O-])ccc3s2)c1C. The number of hydrogen-bond donors (Lipinski definition) is 1. The Morgan fingerprint density at radius 1 is 1.35 bits per heavy atom. The number of non-ortho nitro benzene ring substituents is 1. The summed E-state index contributed by atoms with van der Waals surface area (Å²) < 4.78 is 2.98. The van der Waals surface area contributed by atoms with E-state index in [1.807, 2.05) is 19.9 Å². The van der Waals surface area contributed by atoms with Crippen LogP contribution in [-0.2, 0) is 6.54 Å². The molecule has 0 bridgehead atoms. The lowest BCUT2D eigenvalue weighted by atomic mass is 10.2. The molecule has 0 fully saturated rings. The summed E-state index contributed by atoms with van der Waals surface area (Å²) in [5, 5.41) is 15.6. The Labute approximate surface area is 154 Å². The van der Waals surface area contributed by atoms with Crippen molar-refractivity contribution in [1.82, 2.24) is 9.99 Å². The molecule has 8 heteroatoms. The lowest BCUT2D eigenvalue weighted by molar-refractivity contribution is -0.384. The number of rotatable bonds is 5. The quantitative estimate of drug-likeness (QED) is 0.418. The highest BCUT2D eigenvalue weighted by atomic mass is 32.1. The van der Waals surface area contributed by atoms with E-state index < -0.39 is 4.92 Å². The molecule has 0 aliphatic rings. The maximum absolute atomic E-state index is 12.3. The van der Waals surface area contributed by atoms with Gasteiger partial charge in [-0.1, -0.05) is 0 Å². The second-order valence-electron chi connectivity index (χ2n) is 5.86. The van der Waals surface area contributed by atoms with Gasteiger partial charge in [0.25, 0.3) is 11.6 Å². The van der Waals surface area contributed by atoms with Crippen LogP contribution in [0.1, 0.15) is 33.5 Å². The third-order valence-corrected chi connectivity index (χ3v) is 5.35. The van der Waals surface area contributed by atoms with Crippen LogP contribution in [0.5, 0.6) is 0 Å². The van der Waals surface area contributed by atoms with Crippen molar-refractivity contribution in [3.8, 4) is 0 Å². The van der Waals surface area contributed by atoms with Gasteiger partial charge in [0.15, 0.2) is 0 Å². The molecule has 0 saturated heterocycles. The molecule has 0 unspecified atom stereocenters. The van der Waals surface area contributed by atoms with Crippen LogP contribution in [0.15, 0.2) is 35.4 Å². The number of fused-ring (bicyclic) bond motifs is 1. The van der Waals surface area contributed by atoms with Gasteiger partial charge in [-0.05, 0) is 39.0 Å². The molecule has 1 aromatic carbocycles. The number of aromatic nitrogens is 1. The highest BCUT2D eigenvalue weighted by Crippen LogP contribution is 2.28. The van der Waals surface area contributed by atoms with Crippen molar-refractivity contribution >= 4 is 39.2 Å². The molecule has 2 aromatic heterocycles. The molecule has 1 N–H and O–H groups in total. The fourth-order valence-electron chi connectivity index (χ4n) is 2.92. The maximum atomic E-state index is 12.3. The van der Waals surface area contributed by atoms with Crippen LogP contribution in [0.25, 0.3) is 10.1 Å². The molecule has 3 aromatic rings. The van der Waals surface area contributed by atoms with Crippen LogP contribution in [0, 0.1) is 24.0 Å². The normalized spacial score (nSPS) is 11.3. The molecule has 2 heterocycles. The molecule has 1 amide bonds. The fourth-order valence-corrected chi connectivity index (χ4v) is 3.85. The molecule has 3 rings (SSSR count). The van der Waals surface area contributed by atoms with E-state index in [2.05, 4.69) is 22.0 Å². The van der Waals surface area contributed by atoms with E-state index in [1.54, 1.807) is 18.3 Å². The molecule has 0 spiro atoms. The number of benzene rings is 1. The predicted molar refractivity (Wildman–Crippen MR) is 103 cm³/mol. The van der Waals surface area contributed by atoms with Gasteiger partial charge in [0.1, 0.15) is 0 Å². The van der Waals surface area contributed by atoms with E-state index >= 15 is 0 Å². The van der Waals surface area contributed by atoms with Crippen molar-refractivity contribution in [3.63, 3.8) is 0 Å². The van der Waals surface area contributed by atoms with E-state index in [-0.39, 0.29) is 11.6 Å². The standard InChI is InChI=1S/C18H18N4O3S/c1-4-21-11(2)7-14(12(21)3)10-19-20-18(23)17-9-13-8-15(22(24)25)5-6-16(13)26-17/h5-10H,4H2,1-3H3,(H,20,23)/b19-10-. The Balaban J connectivity index is 1.76. The van der Waals surface area contributed by atoms with E-state index in [4.69, 9.17) is 0 Å². The number of hydrogen-bond acceptors (Lipinski definition) is 5. The number of hydrazone groups is 1. The topological polar surface area (TPSA) is 89.5 Å². The molecule has 0 aliphatic carbocycles. The number of carbonyl (C=O) groups excluding carboxylic acids is 1. The van der Waals surface area contributed by atoms with Gasteiger partial charge in [-0.15, -0.1) is 11.3 Å². The van der Waals surface area contributed by atoms with Crippen molar-refractivity contribution in [2.45, 2.75) is 27.3 Å². The van der Waals surface area contributed by atoms with Gasteiger partial charge < -0.3 is 4.57 Å². The van der Waals surface area contributed by atoms with Gasteiger partial charge >= 0.3 is 0 Å². The zero-order chi connectivity index (χ0) is 18.8. The molecule has 0 atom stereocenters. The number of amides is 1. The van der Waals surface area contributed by atoms with Crippen LogP contribution >= 0.6 is 11.3 Å². The van der Waals surface area contributed by atoms with E-state index in [9.17, 15) is 14.9 Å². The zero-order valence-corrected chi connectivity index (χ0v) is 15.5. The Morgan fingerprint density at radius 3 is 2.77 bits per heavy atom. The van der Waals surface area contributed by atoms with E-state index in [0.717, 1.165) is 28.2 Å². The first-order chi connectivity index (χ1) is 12.4. The first-order valence-electron chi connectivity index (χ1n) is 8.08. The molecular formula is C18H18N4O3S. The first-order valence-corrected chi connectivity index (χ1v) is 8.90. The van der Waals surface area contributed by atoms with Gasteiger partial charge in [0.05, 0.1) is 16.0 Å². The largest absolute Gasteiger partial charge is 0.349 e. The van der Waals surface area contributed by atoms with Gasteiger partial charge in [-0.25, -0.2) is 5.43 Å². The number of nitrogens with one attached hydrogen (secondary N) is 1. The summed E-state index contributed by atoms with van der Waals surface area (Å²) in [5.74, 6) is -0.339. The number of carbonyl (C=O) groups is 1. The highest BCUT2D eigenvalue weighted by Gasteiger charge is 2.13. The number of thiophene rings is 1. The predicted octanol–water partition coefficient (Wildman–Crippen LogP) is 4.01. The summed E-state index contributed by atoms with van der Waals surface area (Å²) in [4.78, 5) is 23.1. The van der Waals surface area contributed by atoms with E-state index in [1.165, 1.54) is 23.5 Å². The number of nitro groups is 1. The minimum Gasteiger partial charge on any atom is -0.349 e. The third-order valence-electron chi connectivity index (χ3n) is 4.23. The molecule has 0 aliphatic heterocycles. The van der Waals surface area contributed by atoms with E-state index in [0.29, 0.717) is 10.3 Å². The van der Waals surface area contributed by atoms with Gasteiger partial charge in [-0.3, -0.25) is 14.9 Å². The Kier molecular flexibility index (Phi) is 4.85. The maximum Gasteiger partial charge on any atom is 0.281 e. The Morgan fingerprint density at radius 2 is 2.12 bits per heavy atom. The zero-order valence-electron chi connectivity index (χ0n) is 14.6. The molecule has 134 valence electrons. The highest BCUT2D eigenvalue weighted by molar-refractivity contribution is 7.20. The van der Waals surface area contributed by atoms with Gasteiger partial charge in [0, 0.05) is 45.7 Å². The summed E-state index contributed by atoms with van der Waals surface area (Å²) in [6.45, 7) is 7.00. The van der Waals surface area contributed by atoms with Crippen LogP contribution in [0.3, 0.4) is 0 Å². The summed E-state index contributed by atoms with van der Waals surface area (Å²) >= 11 is 1.27. The van der Waals surface area contributed by atoms with Crippen molar-refractivity contribution in [2.75, 3.05) is 0 Å². The summed E-state index contributed by atoms with van der Waals surface area (Å²) in [6.07, 6.45) is 1.63. The Hall–Kier alpha value is -3.00. The summed E-state index contributed by atoms with van der Waals surface area (Å²) in [7, 11) is 0. The minimum absolute atomic E-state index is 0.00607. The van der Waals surface area contributed by atoms with Gasteiger partial charge in [0.2, 0.25) is 0 Å². The lowest BCUT2D eigenvalue weighted by Crippen LogP contribution is -2.16. The van der Waals surface area contributed by atoms with Crippen molar-refractivity contribution in [1.29, 1.82) is 0 Å². The van der Waals surface area contributed by atoms with Gasteiger partial charge in [-0.2, -0.15) is 5.10 Å². The summed E-state index contributed by atoms with van der Waals surface area (Å²) in [6, 6.07) is 8.21. The van der Waals surface area contributed by atoms with Crippen molar-refractivity contribution < 1.29 is 9.72 Å². The average molecular weight is 370 g/mol. The second-order valence-corrected chi connectivity index (χ2v) is 6.94. The molecule has 7 nitrogen and oxygen atoms in total. The average Bonchev–Trinajstić information content (AvgIpc) is 3.15.